The summed E-state index contributed by atoms with van der Waals surface area (Å²) < 4.78 is 0. The molecular formula is C11H19N5O. The van der Waals surface area contributed by atoms with Gasteiger partial charge in [0.2, 0.25) is 5.95 Å². The molecule has 2 rings (SSSR count). The highest BCUT2D eigenvalue weighted by atomic mass is 16.3. The SMILES string of the molecule is NC[C@H](O)CN1CCN(c2ncccn2)CC1. The fraction of sp³-hybridized carbons (Fsp3) is 0.636. The monoisotopic (exact) mass is 237 g/mol. The minimum atomic E-state index is -0.422. The normalized spacial score (nSPS) is 19.3. The van der Waals surface area contributed by atoms with Gasteiger partial charge < -0.3 is 15.7 Å². The quantitative estimate of drug-likeness (QED) is 0.693. The van der Waals surface area contributed by atoms with Gasteiger partial charge in [-0.25, -0.2) is 9.97 Å². The van der Waals surface area contributed by atoms with Gasteiger partial charge in [-0.2, -0.15) is 0 Å². The average Bonchev–Trinajstić information content (AvgIpc) is 2.40. The van der Waals surface area contributed by atoms with Crippen LogP contribution in [-0.4, -0.2) is 65.3 Å². The van der Waals surface area contributed by atoms with Gasteiger partial charge in [-0.05, 0) is 6.07 Å². The van der Waals surface area contributed by atoms with Crippen molar-refractivity contribution in [2.75, 3.05) is 44.2 Å². The Morgan fingerprint density at radius 2 is 1.88 bits per heavy atom. The van der Waals surface area contributed by atoms with E-state index in [9.17, 15) is 5.11 Å². The molecule has 6 nitrogen and oxygen atoms in total. The van der Waals surface area contributed by atoms with Gasteiger partial charge >= 0.3 is 0 Å². The van der Waals surface area contributed by atoms with E-state index < -0.39 is 6.10 Å². The Morgan fingerprint density at radius 1 is 1.24 bits per heavy atom. The zero-order chi connectivity index (χ0) is 12.1. The van der Waals surface area contributed by atoms with Crippen LogP contribution in [0.2, 0.25) is 0 Å². The lowest BCUT2D eigenvalue weighted by Crippen LogP contribution is -2.49. The highest BCUT2D eigenvalue weighted by Gasteiger charge is 2.19. The summed E-state index contributed by atoms with van der Waals surface area (Å²) in [7, 11) is 0. The van der Waals surface area contributed by atoms with Gasteiger partial charge in [-0.15, -0.1) is 0 Å². The molecule has 1 fully saturated rings. The van der Waals surface area contributed by atoms with Crippen molar-refractivity contribution in [3.63, 3.8) is 0 Å². The van der Waals surface area contributed by atoms with Crippen LogP contribution in [0.15, 0.2) is 18.5 Å². The van der Waals surface area contributed by atoms with Crippen molar-refractivity contribution in [3.05, 3.63) is 18.5 Å². The van der Waals surface area contributed by atoms with Crippen LogP contribution in [0.3, 0.4) is 0 Å². The number of nitrogens with two attached hydrogens (primary N) is 1. The van der Waals surface area contributed by atoms with Crippen LogP contribution in [0.1, 0.15) is 0 Å². The summed E-state index contributed by atoms with van der Waals surface area (Å²) in [5.41, 5.74) is 5.40. The van der Waals surface area contributed by atoms with Gasteiger partial charge in [-0.1, -0.05) is 0 Å². The van der Waals surface area contributed by atoms with Gasteiger partial charge in [-0.3, -0.25) is 4.90 Å². The number of piperazine rings is 1. The second-order valence-corrected chi connectivity index (χ2v) is 4.23. The predicted molar refractivity (Wildman–Crippen MR) is 65.7 cm³/mol. The van der Waals surface area contributed by atoms with E-state index >= 15 is 0 Å². The topological polar surface area (TPSA) is 78.5 Å². The van der Waals surface area contributed by atoms with Crippen molar-refractivity contribution in [1.82, 2.24) is 14.9 Å². The second kappa shape index (κ2) is 5.90. The van der Waals surface area contributed by atoms with Crippen molar-refractivity contribution < 1.29 is 5.11 Å². The number of β-amino-alcohol motifs (C(OH)–C–C–N with tert-alkyl or cyclic N) is 1. The first-order chi connectivity index (χ1) is 8.29. The van der Waals surface area contributed by atoms with E-state index in [-0.39, 0.29) is 0 Å². The van der Waals surface area contributed by atoms with Crippen LogP contribution in [-0.2, 0) is 0 Å². The lowest BCUT2D eigenvalue weighted by molar-refractivity contribution is 0.115. The minimum absolute atomic E-state index is 0.321. The molecule has 1 saturated heterocycles. The van der Waals surface area contributed by atoms with E-state index in [0.717, 1.165) is 32.1 Å². The average molecular weight is 237 g/mol. The molecule has 1 aromatic heterocycles. The van der Waals surface area contributed by atoms with E-state index in [2.05, 4.69) is 19.8 Å². The highest BCUT2D eigenvalue weighted by molar-refractivity contribution is 5.29. The van der Waals surface area contributed by atoms with Gasteiger partial charge in [0.1, 0.15) is 0 Å². The van der Waals surface area contributed by atoms with E-state index in [1.165, 1.54) is 0 Å². The summed E-state index contributed by atoms with van der Waals surface area (Å²) in [6, 6.07) is 1.82. The van der Waals surface area contributed by atoms with Crippen molar-refractivity contribution in [1.29, 1.82) is 0 Å². The predicted octanol–water partition coefficient (Wildman–Crippen LogP) is -1.08. The molecule has 0 bridgehead atoms. The van der Waals surface area contributed by atoms with Crippen molar-refractivity contribution >= 4 is 5.95 Å². The van der Waals surface area contributed by atoms with Crippen molar-refractivity contribution in [2.24, 2.45) is 5.73 Å². The standard InChI is InChI=1S/C11H19N5O/c12-8-10(17)9-15-4-6-16(7-5-15)11-13-2-1-3-14-11/h1-3,10,17H,4-9,12H2/t10-/m0/s1. The summed E-state index contributed by atoms with van der Waals surface area (Å²) in [4.78, 5) is 12.8. The maximum Gasteiger partial charge on any atom is 0.225 e. The number of hydrogen-bond acceptors (Lipinski definition) is 6. The molecule has 3 N–H and O–H groups in total. The first-order valence-corrected chi connectivity index (χ1v) is 5.92. The smallest absolute Gasteiger partial charge is 0.225 e. The molecular weight excluding hydrogens is 218 g/mol. The van der Waals surface area contributed by atoms with E-state index in [1.807, 2.05) is 6.07 Å². The number of hydrogen-bond donors (Lipinski definition) is 2. The molecule has 1 aliphatic heterocycles. The molecule has 0 saturated carbocycles. The molecule has 1 atom stereocenters. The van der Waals surface area contributed by atoms with E-state index in [1.54, 1.807) is 12.4 Å². The largest absolute Gasteiger partial charge is 0.390 e. The number of nitrogens with zero attached hydrogens (tertiary/aromatic N) is 4. The van der Waals surface area contributed by atoms with Crippen LogP contribution in [0, 0.1) is 0 Å². The number of anilines is 1. The lowest BCUT2D eigenvalue weighted by Gasteiger charge is -2.35. The number of rotatable bonds is 4. The highest BCUT2D eigenvalue weighted by Crippen LogP contribution is 2.09. The molecule has 0 amide bonds. The van der Waals surface area contributed by atoms with Crippen molar-refractivity contribution in [2.45, 2.75) is 6.10 Å². The Morgan fingerprint density at radius 3 is 2.47 bits per heavy atom. The number of aliphatic hydroxyl groups excluding tert-OH is 1. The fourth-order valence-corrected chi connectivity index (χ4v) is 1.96. The van der Waals surface area contributed by atoms with Crippen LogP contribution in [0.4, 0.5) is 5.95 Å². The molecule has 0 radical (unpaired) electrons. The van der Waals surface area contributed by atoms with Gasteiger partial charge in [0.25, 0.3) is 0 Å². The minimum Gasteiger partial charge on any atom is -0.390 e. The summed E-state index contributed by atoms with van der Waals surface area (Å²) in [5, 5.41) is 9.49. The molecule has 0 aliphatic carbocycles. The first kappa shape index (κ1) is 12.2. The molecule has 17 heavy (non-hydrogen) atoms. The van der Waals surface area contributed by atoms with E-state index in [0.29, 0.717) is 13.1 Å². The van der Waals surface area contributed by atoms with Gasteiger partial charge in [0.15, 0.2) is 0 Å². The molecule has 0 spiro atoms. The lowest BCUT2D eigenvalue weighted by atomic mass is 10.2. The Bertz CT molecular complexity index is 326. The Labute approximate surface area is 101 Å². The summed E-state index contributed by atoms with van der Waals surface area (Å²) in [5.74, 6) is 0.784. The maximum atomic E-state index is 9.49. The molecule has 6 heteroatoms. The molecule has 2 heterocycles. The molecule has 0 aromatic carbocycles. The third kappa shape index (κ3) is 3.36. The Balaban J connectivity index is 1.82. The van der Waals surface area contributed by atoms with Crippen LogP contribution < -0.4 is 10.6 Å². The van der Waals surface area contributed by atoms with Crippen LogP contribution >= 0.6 is 0 Å². The third-order valence-corrected chi connectivity index (χ3v) is 2.95. The first-order valence-electron chi connectivity index (χ1n) is 5.92. The zero-order valence-corrected chi connectivity index (χ0v) is 9.87. The molecule has 1 aliphatic rings. The number of aromatic nitrogens is 2. The molecule has 1 aromatic rings. The summed E-state index contributed by atoms with van der Waals surface area (Å²) in [6.07, 6.45) is 3.09. The molecule has 0 unspecified atom stereocenters. The zero-order valence-electron chi connectivity index (χ0n) is 9.87. The molecule has 94 valence electrons. The maximum absolute atomic E-state index is 9.49. The number of aliphatic hydroxyl groups is 1. The third-order valence-electron chi connectivity index (χ3n) is 2.95. The summed E-state index contributed by atoms with van der Waals surface area (Å²) >= 11 is 0. The fourth-order valence-electron chi connectivity index (χ4n) is 1.96. The van der Waals surface area contributed by atoms with Gasteiger partial charge in [0.05, 0.1) is 6.10 Å². The van der Waals surface area contributed by atoms with Crippen molar-refractivity contribution in [3.8, 4) is 0 Å². The summed E-state index contributed by atoms with van der Waals surface area (Å²) in [6.45, 7) is 4.58. The Kier molecular flexibility index (Phi) is 4.24. The van der Waals surface area contributed by atoms with Gasteiger partial charge in [0, 0.05) is 51.7 Å². The Hall–Kier alpha value is -1.24. The second-order valence-electron chi connectivity index (χ2n) is 4.23. The van der Waals surface area contributed by atoms with E-state index in [4.69, 9.17) is 5.73 Å². The van der Waals surface area contributed by atoms with Crippen LogP contribution in [0.5, 0.6) is 0 Å². The van der Waals surface area contributed by atoms with Crippen LogP contribution in [0.25, 0.3) is 0 Å².